The topological polar surface area (TPSA) is 40.0 Å². The van der Waals surface area contributed by atoms with Crippen LogP contribution >= 0.6 is 12.2 Å². The Morgan fingerprint density at radius 3 is 1.70 bits per heavy atom. The van der Waals surface area contributed by atoms with Gasteiger partial charge in [-0.1, -0.05) is 38.5 Å². The van der Waals surface area contributed by atoms with Gasteiger partial charge in [-0.3, -0.25) is 0 Å². The number of hydrogen-bond acceptors (Lipinski definition) is 5. The van der Waals surface area contributed by atoms with Crippen molar-refractivity contribution in [2.75, 3.05) is 27.9 Å². The molecule has 0 fully saturated rings. The Morgan fingerprint density at radius 1 is 0.800 bits per heavy atom. The third-order valence-electron chi connectivity index (χ3n) is 3.50. The van der Waals surface area contributed by atoms with Crippen molar-refractivity contribution in [2.45, 2.75) is 57.4 Å². The standard InChI is InChI=1S/C14H29NO3SSi/c1-16-20(17-2,18-3)13-11-9-7-5-4-6-8-10-12-15-14-19/h4-13H2,1-3H3. The first kappa shape index (κ1) is 19.9. The highest BCUT2D eigenvalue weighted by Crippen LogP contribution is 2.18. The van der Waals surface area contributed by atoms with Gasteiger partial charge in [-0.25, -0.2) is 4.99 Å². The van der Waals surface area contributed by atoms with Crippen molar-refractivity contribution in [3.05, 3.63) is 0 Å². The smallest absolute Gasteiger partial charge is 0.377 e. The summed E-state index contributed by atoms with van der Waals surface area (Å²) in [7, 11) is 2.68. The first-order valence-electron chi connectivity index (χ1n) is 7.43. The monoisotopic (exact) mass is 319 g/mol. The van der Waals surface area contributed by atoms with Gasteiger partial charge < -0.3 is 13.3 Å². The zero-order chi connectivity index (χ0) is 15.1. The molecule has 6 heteroatoms. The number of thiocarbonyl (C=S) groups is 1. The van der Waals surface area contributed by atoms with Crippen LogP contribution in [-0.2, 0) is 13.3 Å². The molecule has 0 heterocycles. The Morgan fingerprint density at radius 2 is 1.25 bits per heavy atom. The summed E-state index contributed by atoms with van der Waals surface area (Å²) in [6.07, 6.45) is 9.90. The predicted molar refractivity (Wildman–Crippen MR) is 88.4 cm³/mol. The molecule has 0 radical (unpaired) electrons. The highest BCUT2D eigenvalue weighted by atomic mass is 32.1. The molecule has 0 bridgehead atoms. The van der Waals surface area contributed by atoms with E-state index in [1.54, 1.807) is 21.3 Å². The van der Waals surface area contributed by atoms with E-state index in [4.69, 9.17) is 13.3 Å². The molecule has 0 aliphatic rings. The van der Waals surface area contributed by atoms with Gasteiger partial charge in [0.15, 0.2) is 0 Å². The maximum Gasteiger partial charge on any atom is 0.500 e. The van der Waals surface area contributed by atoms with E-state index in [1.807, 2.05) is 0 Å². The van der Waals surface area contributed by atoms with E-state index in [-0.39, 0.29) is 0 Å². The molecule has 0 rings (SSSR count). The molecule has 0 aromatic heterocycles. The SMILES string of the molecule is CO[Si](CCCCCCCCCCN=C=S)(OC)OC. The number of rotatable bonds is 14. The fourth-order valence-electron chi connectivity index (χ4n) is 2.19. The molecule has 4 nitrogen and oxygen atoms in total. The zero-order valence-electron chi connectivity index (χ0n) is 13.2. The van der Waals surface area contributed by atoms with Crippen molar-refractivity contribution in [1.82, 2.24) is 0 Å². The summed E-state index contributed by atoms with van der Waals surface area (Å²) in [6, 6.07) is 0.909. The molecule has 0 spiro atoms. The highest BCUT2D eigenvalue weighted by molar-refractivity contribution is 7.78. The summed E-state index contributed by atoms with van der Waals surface area (Å²) in [5.74, 6) is 0. The van der Waals surface area contributed by atoms with Gasteiger partial charge in [-0.05, 0) is 25.1 Å². The molecule has 0 aromatic carbocycles. The lowest BCUT2D eigenvalue weighted by Gasteiger charge is -2.24. The highest BCUT2D eigenvalue weighted by Gasteiger charge is 2.36. The first-order chi connectivity index (χ1) is 9.74. The van der Waals surface area contributed by atoms with Crippen molar-refractivity contribution in [2.24, 2.45) is 4.99 Å². The second-order valence-corrected chi connectivity index (χ2v) is 8.12. The molecular formula is C14H29NO3SSi. The summed E-state index contributed by atoms with van der Waals surface area (Å²) in [5, 5.41) is 2.40. The summed E-state index contributed by atoms with van der Waals surface area (Å²) < 4.78 is 16.2. The molecule has 0 aromatic rings. The van der Waals surface area contributed by atoms with Crippen molar-refractivity contribution in [3.8, 4) is 0 Å². The Balaban J connectivity index is 3.38. The minimum Gasteiger partial charge on any atom is -0.377 e. The van der Waals surface area contributed by atoms with Crippen LogP contribution in [0, 0.1) is 0 Å². The van der Waals surface area contributed by atoms with Crippen LogP contribution in [0.2, 0.25) is 6.04 Å². The van der Waals surface area contributed by atoms with Gasteiger partial charge in [0.2, 0.25) is 0 Å². The quantitative estimate of drug-likeness (QED) is 0.209. The fraction of sp³-hybridized carbons (Fsp3) is 0.929. The second-order valence-electron chi connectivity index (χ2n) is 4.85. The Hall–Kier alpha value is -0.103. The molecule has 0 atom stereocenters. The second kappa shape index (κ2) is 13.9. The van der Waals surface area contributed by atoms with E-state index in [1.165, 1.54) is 38.5 Å². The van der Waals surface area contributed by atoms with Gasteiger partial charge in [0.05, 0.1) is 5.16 Å². The number of isothiocyanates is 1. The lowest BCUT2D eigenvalue weighted by atomic mass is 10.1. The van der Waals surface area contributed by atoms with Gasteiger partial charge >= 0.3 is 8.80 Å². The summed E-state index contributed by atoms with van der Waals surface area (Å²) in [5.41, 5.74) is 0. The minimum absolute atomic E-state index is 0.835. The molecule has 0 aliphatic heterocycles. The molecule has 0 amide bonds. The molecule has 20 heavy (non-hydrogen) atoms. The van der Waals surface area contributed by atoms with Crippen molar-refractivity contribution in [3.63, 3.8) is 0 Å². The summed E-state index contributed by atoms with van der Waals surface area (Å²) in [6.45, 7) is 0.835. The molecule has 0 N–H and O–H groups in total. The van der Waals surface area contributed by atoms with Crippen molar-refractivity contribution >= 4 is 26.2 Å². The Bertz CT molecular complexity index is 261. The molecule has 118 valence electrons. The van der Waals surface area contributed by atoms with E-state index in [0.29, 0.717) is 0 Å². The number of aliphatic imine (C=N–C) groups is 1. The largest absolute Gasteiger partial charge is 0.500 e. The number of nitrogens with zero attached hydrogens (tertiary/aromatic N) is 1. The number of hydrogen-bond donors (Lipinski definition) is 0. The summed E-state index contributed by atoms with van der Waals surface area (Å²) >= 11 is 4.52. The molecule has 0 unspecified atom stereocenters. The maximum atomic E-state index is 5.40. The van der Waals surface area contributed by atoms with Gasteiger partial charge in [-0.15, -0.1) is 0 Å². The minimum atomic E-state index is -2.34. The lowest BCUT2D eigenvalue weighted by Crippen LogP contribution is -2.42. The normalized spacial score (nSPS) is 11.3. The lowest BCUT2D eigenvalue weighted by molar-refractivity contribution is 0.122. The van der Waals surface area contributed by atoms with E-state index in [0.717, 1.165) is 25.4 Å². The van der Waals surface area contributed by atoms with Crippen molar-refractivity contribution < 1.29 is 13.3 Å². The first-order valence-corrected chi connectivity index (χ1v) is 9.77. The van der Waals surface area contributed by atoms with E-state index < -0.39 is 8.80 Å². The molecule has 0 saturated carbocycles. The molecule has 0 saturated heterocycles. The van der Waals surface area contributed by atoms with Crippen molar-refractivity contribution in [1.29, 1.82) is 0 Å². The van der Waals surface area contributed by atoms with E-state index in [2.05, 4.69) is 22.4 Å². The van der Waals surface area contributed by atoms with Gasteiger partial charge in [0.1, 0.15) is 0 Å². The van der Waals surface area contributed by atoms with Crippen LogP contribution in [0.15, 0.2) is 4.99 Å². The van der Waals surface area contributed by atoms with Crippen LogP contribution < -0.4 is 0 Å². The maximum absolute atomic E-state index is 5.40. The third kappa shape index (κ3) is 9.75. The third-order valence-corrected chi connectivity index (χ3v) is 6.46. The average Bonchev–Trinajstić information content (AvgIpc) is 2.49. The number of unbranched alkanes of at least 4 members (excludes halogenated alkanes) is 7. The Kier molecular flexibility index (Phi) is 13.8. The fourth-order valence-corrected chi connectivity index (χ4v) is 4.08. The molecular weight excluding hydrogens is 290 g/mol. The van der Waals surface area contributed by atoms with Crippen LogP contribution in [0.4, 0.5) is 0 Å². The van der Waals surface area contributed by atoms with Gasteiger partial charge in [0, 0.05) is 33.9 Å². The van der Waals surface area contributed by atoms with Gasteiger partial charge in [0.25, 0.3) is 0 Å². The predicted octanol–water partition coefficient (Wildman–Crippen LogP) is 4.09. The van der Waals surface area contributed by atoms with Crippen LogP contribution in [0.25, 0.3) is 0 Å². The van der Waals surface area contributed by atoms with Gasteiger partial charge in [-0.2, -0.15) is 0 Å². The van der Waals surface area contributed by atoms with E-state index >= 15 is 0 Å². The Labute approximate surface area is 130 Å². The van der Waals surface area contributed by atoms with Crippen LogP contribution in [0.1, 0.15) is 51.4 Å². The van der Waals surface area contributed by atoms with Crippen LogP contribution in [0.3, 0.4) is 0 Å². The van der Waals surface area contributed by atoms with Crippen LogP contribution in [-0.4, -0.2) is 41.8 Å². The summed E-state index contributed by atoms with van der Waals surface area (Å²) in [4.78, 5) is 3.91. The molecule has 0 aliphatic carbocycles. The zero-order valence-corrected chi connectivity index (χ0v) is 15.0. The average molecular weight is 320 g/mol. The van der Waals surface area contributed by atoms with Crippen LogP contribution in [0.5, 0.6) is 0 Å². The van der Waals surface area contributed by atoms with E-state index in [9.17, 15) is 0 Å².